The van der Waals surface area contributed by atoms with Crippen LogP contribution in [0.5, 0.6) is 6.01 Å². The lowest BCUT2D eigenvalue weighted by Gasteiger charge is -2.09. The number of nitrogens with one attached hydrogen (secondary N) is 1. The number of methoxy groups -OCH3 is 1. The number of benzene rings is 2. The molecule has 3 rings (SSSR count). The Kier molecular flexibility index (Phi) is 7.53. The zero-order chi connectivity index (χ0) is 21.3. The largest absolute Gasteiger partial charge is 0.460 e. The summed E-state index contributed by atoms with van der Waals surface area (Å²) in [6.45, 7) is 5.44. The number of rotatable bonds is 10. The minimum atomic E-state index is -0.211. The summed E-state index contributed by atoms with van der Waals surface area (Å²) in [5, 5.41) is 7.31. The number of ether oxygens (including phenoxy) is 3. The molecule has 3 aromatic rings. The quantitative estimate of drug-likeness (QED) is 0.516. The smallest absolute Gasteiger partial charge is 0.336 e. The number of aromatic nitrogens is 3. The van der Waals surface area contributed by atoms with E-state index in [2.05, 4.69) is 15.4 Å². The molecule has 158 valence electrons. The molecule has 1 heterocycles. The van der Waals surface area contributed by atoms with Crippen LogP contribution in [0.2, 0.25) is 0 Å². The van der Waals surface area contributed by atoms with E-state index in [4.69, 9.17) is 14.2 Å². The van der Waals surface area contributed by atoms with Crippen LogP contribution in [0, 0.1) is 6.92 Å². The van der Waals surface area contributed by atoms with Crippen molar-refractivity contribution in [2.75, 3.05) is 38.9 Å². The second kappa shape index (κ2) is 10.5. The first-order valence-corrected chi connectivity index (χ1v) is 9.75. The van der Waals surface area contributed by atoms with Gasteiger partial charge in [0, 0.05) is 25.0 Å². The summed E-state index contributed by atoms with van der Waals surface area (Å²) in [4.78, 5) is 16.3. The number of carbonyl (C=O) groups is 1. The van der Waals surface area contributed by atoms with Crippen molar-refractivity contribution < 1.29 is 19.0 Å². The normalized spacial score (nSPS) is 10.8. The minimum Gasteiger partial charge on any atom is -0.460 e. The van der Waals surface area contributed by atoms with Crippen LogP contribution < -0.4 is 10.1 Å². The fourth-order valence-corrected chi connectivity index (χ4v) is 2.88. The van der Waals surface area contributed by atoms with Gasteiger partial charge in [-0.15, -0.1) is 5.10 Å². The summed E-state index contributed by atoms with van der Waals surface area (Å²) in [6, 6.07) is 15.6. The second-order valence-electron chi connectivity index (χ2n) is 6.52. The van der Waals surface area contributed by atoms with Gasteiger partial charge in [0.1, 0.15) is 13.2 Å². The predicted octanol–water partition coefficient (Wildman–Crippen LogP) is 3.24. The Balaban J connectivity index is 1.89. The summed E-state index contributed by atoms with van der Waals surface area (Å²) in [5.74, 6) is 0.465. The molecule has 0 bridgehead atoms. The Labute approximate surface area is 175 Å². The van der Waals surface area contributed by atoms with E-state index >= 15 is 0 Å². The SMILES string of the molecule is CCOCCOc1nc(-c2ccccc2C)n(-c2ccc(NC(=O)COC)cc2)n1. The Hall–Kier alpha value is -3.23. The van der Waals surface area contributed by atoms with E-state index in [1.54, 1.807) is 4.68 Å². The zero-order valence-corrected chi connectivity index (χ0v) is 17.4. The standard InChI is InChI=1S/C22H26N4O4/c1-4-29-13-14-30-22-24-21(19-8-6-5-7-16(19)2)26(25-22)18-11-9-17(10-12-18)23-20(27)15-28-3/h5-12H,4,13-15H2,1-3H3,(H,23,27). The van der Waals surface area contributed by atoms with Crippen LogP contribution in [0.4, 0.5) is 5.69 Å². The molecular formula is C22H26N4O4. The van der Waals surface area contributed by atoms with Gasteiger partial charge in [0.25, 0.3) is 0 Å². The summed E-state index contributed by atoms with van der Waals surface area (Å²) < 4.78 is 17.6. The average molecular weight is 410 g/mol. The van der Waals surface area contributed by atoms with Gasteiger partial charge in [-0.1, -0.05) is 24.3 Å². The van der Waals surface area contributed by atoms with Crippen molar-refractivity contribution in [2.24, 2.45) is 0 Å². The summed E-state index contributed by atoms with van der Waals surface area (Å²) in [5.41, 5.74) is 3.51. The molecule has 0 fully saturated rings. The van der Waals surface area contributed by atoms with Gasteiger partial charge in [-0.2, -0.15) is 4.98 Å². The Bertz CT molecular complexity index is 970. The average Bonchev–Trinajstić information content (AvgIpc) is 3.16. The van der Waals surface area contributed by atoms with Crippen molar-refractivity contribution in [3.8, 4) is 23.1 Å². The minimum absolute atomic E-state index is 0.00467. The van der Waals surface area contributed by atoms with Gasteiger partial charge in [-0.25, -0.2) is 4.68 Å². The number of nitrogens with zero attached hydrogens (tertiary/aromatic N) is 3. The monoisotopic (exact) mass is 410 g/mol. The van der Waals surface area contributed by atoms with E-state index in [1.165, 1.54) is 7.11 Å². The van der Waals surface area contributed by atoms with Gasteiger partial charge in [0.2, 0.25) is 5.91 Å². The van der Waals surface area contributed by atoms with Crippen molar-refractivity contribution >= 4 is 11.6 Å². The summed E-state index contributed by atoms with van der Waals surface area (Å²) >= 11 is 0. The first kappa shape index (κ1) is 21.5. The van der Waals surface area contributed by atoms with E-state index in [0.717, 1.165) is 16.8 Å². The highest BCUT2D eigenvalue weighted by molar-refractivity contribution is 5.91. The maximum absolute atomic E-state index is 11.7. The fourth-order valence-electron chi connectivity index (χ4n) is 2.88. The molecule has 0 saturated heterocycles. The number of hydrogen-bond acceptors (Lipinski definition) is 6. The lowest BCUT2D eigenvalue weighted by atomic mass is 10.1. The number of hydrogen-bond donors (Lipinski definition) is 1. The molecule has 0 radical (unpaired) electrons. The molecule has 1 N–H and O–H groups in total. The maximum atomic E-state index is 11.7. The van der Waals surface area contributed by atoms with Gasteiger partial charge in [-0.3, -0.25) is 4.79 Å². The molecule has 0 aliphatic heterocycles. The third-order valence-electron chi connectivity index (χ3n) is 4.31. The number of carbonyl (C=O) groups excluding carboxylic acids is 1. The van der Waals surface area contributed by atoms with E-state index in [1.807, 2.05) is 62.4 Å². The number of anilines is 1. The lowest BCUT2D eigenvalue weighted by Crippen LogP contribution is -2.17. The first-order chi connectivity index (χ1) is 14.6. The highest BCUT2D eigenvalue weighted by Crippen LogP contribution is 2.26. The van der Waals surface area contributed by atoms with Gasteiger partial charge >= 0.3 is 6.01 Å². The predicted molar refractivity (Wildman–Crippen MR) is 114 cm³/mol. The molecule has 8 nitrogen and oxygen atoms in total. The van der Waals surface area contributed by atoms with E-state index in [-0.39, 0.29) is 18.5 Å². The van der Waals surface area contributed by atoms with Crippen LogP contribution in [0.15, 0.2) is 48.5 Å². The van der Waals surface area contributed by atoms with Gasteiger partial charge in [0.15, 0.2) is 5.82 Å². The van der Waals surface area contributed by atoms with Crippen LogP contribution in [-0.2, 0) is 14.3 Å². The van der Waals surface area contributed by atoms with Crippen LogP contribution in [-0.4, -0.2) is 54.2 Å². The van der Waals surface area contributed by atoms with Crippen molar-refractivity contribution in [3.05, 3.63) is 54.1 Å². The van der Waals surface area contributed by atoms with Gasteiger partial charge < -0.3 is 19.5 Å². The molecule has 2 aromatic carbocycles. The fraction of sp³-hybridized carbons (Fsp3) is 0.318. The molecule has 0 atom stereocenters. The molecule has 0 aliphatic rings. The number of aryl methyl sites for hydroxylation is 1. The lowest BCUT2D eigenvalue weighted by molar-refractivity contribution is -0.119. The van der Waals surface area contributed by atoms with E-state index < -0.39 is 0 Å². The topological polar surface area (TPSA) is 87.5 Å². The highest BCUT2D eigenvalue weighted by atomic mass is 16.5. The van der Waals surface area contributed by atoms with Crippen LogP contribution >= 0.6 is 0 Å². The molecule has 30 heavy (non-hydrogen) atoms. The Morgan fingerprint density at radius 1 is 1.10 bits per heavy atom. The molecular weight excluding hydrogens is 384 g/mol. The molecule has 1 aromatic heterocycles. The van der Waals surface area contributed by atoms with E-state index in [0.29, 0.717) is 31.3 Å². The maximum Gasteiger partial charge on any atom is 0.336 e. The summed E-state index contributed by atoms with van der Waals surface area (Å²) in [7, 11) is 1.48. The molecule has 0 unspecified atom stereocenters. The second-order valence-corrected chi connectivity index (χ2v) is 6.52. The third kappa shape index (κ3) is 5.43. The Morgan fingerprint density at radius 2 is 1.87 bits per heavy atom. The van der Waals surface area contributed by atoms with Crippen molar-refractivity contribution in [1.82, 2.24) is 14.8 Å². The molecule has 0 saturated carbocycles. The zero-order valence-electron chi connectivity index (χ0n) is 17.4. The molecule has 0 spiro atoms. The van der Waals surface area contributed by atoms with Gasteiger partial charge in [0.05, 0.1) is 12.3 Å². The van der Waals surface area contributed by atoms with Crippen LogP contribution in [0.1, 0.15) is 12.5 Å². The van der Waals surface area contributed by atoms with Crippen molar-refractivity contribution in [3.63, 3.8) is 0 Å². The van der Waals surface area contributed by atoms with Crippen LogP contribution in [0.3, 0.4) is 0 Å². The summed E-state index contributed by atoms with van der Waals surface area (Å²) in [6.07, 6.45) is 0. The molecule has 1 amide bonds. The Morgan fingerprint density at radius 3 is 2.57 bits per heavy atom. The van der Waals surface area contributed by atoms with Crippen molar-refractivity contribution in [2.45, 2.75) is 13.8 Å². The molecule has 0 aliphatic carbocycles. The first-order valence-electron chi connectivity index (χ1n) is 9.75. The van der Waals surface area contributed by atoms with Gasteiger partial charge in [-0.05, 0) is 43.7 Å². The van der Waals surface area contributed by atoms with Crippen molar-refractivity contribution in [1.29, 1.82) is 0 Å². The number of amides is 1. The highest BCUT2D eigenvalue weighted by Gasteiger charge is 2.16. The van der Waals surface area contributed by atoms with Crippen LogP contribution in [0.25, 0.3) is 17.1 Å². The third-order valence-corrected chi connectivity index (χ3v) is 4.31. The molecule has 8 heteroatoms. The van der Waals surface area contributed by atoms with E-state index in [9.17, 15) is 4.79 Å².